The molecule has 0 saturated heterocycles. The van der Waals surface area contributed by atoms with Crippen LogP contribution in [-0.2, 0) is 6.42 Å². The van der Waals surface area contributed by atoms with Crippen molar-refractivity contribution in [2.45, 2.75) is 51.3 Å². The third-order valence-corrected chi connectivity index (χ3v) is 4.61. The van der Waals surface area contributed by atoms with Crippen LogP contribution in [0.15, 0.2) is 12.1 Å². The molecule has 1 aliphatic carbocycles. The molecule has 3 rings (SSSR count). The van der Waals surface area contributed by atoms with Gasteiger partial charge in [-0.3, -0.25) is 4.90 Å². The number of rotatable bonds is 6. The van der Waals surface area contributed by atoms with Crippen LogP contribution in [-0.4, -0.2) is 37.2 Å². The van der Waals surface area contributed by atoms with Gasteiger partial charge in [0.2, 0.25) is 0 Å². The summed E-state index contributed by atoms with van der Waals surface area (Å²) in [4.78, 5) is 2.50. The van der Waals surface area contributed by atoms with Crippen LogP contribution in [0.25, 0.3) is 0 Å². The molecule has 116 valence electrons. The molecule has 0 spiro atoms. The lowest BCUT2D eigenvalue weighted by atomic mass is 9.99. The zero-order chi connectivity index (χ0) is 15.0. The first kappa shape index (κ1) is 14.7. The summed E-state index contributed by atoms with van der Waals surface area (Å²) in [7, 11) is 1.74. The second kappa shape index (κ2) is 5.85. The summed E-state index contributed by atoms with van der Waals surface area (Å²) in [5.41, 5.74) is 8.52. The minimum absolute atomic E-state index is 0.210. The fourth-order valence-corrected chi connectivity index (χ4v) is 3.47. The summed E-state index contributed by atoms with van der Waals surface area (Å²) in [6.45, 7) is 5.94. The predicted molar refractivity (Wildman–Crippen MR) is 84.0 cm³/mol. The summed E-state index contributed by atoms with van der Waals surface area (Å²) >= 11 is 0. The first-order valence-electron chi connectivity index (χ1n) is 8.01. The Bertz CT molecular complexity index is 514. The van der Waals surface area contributed by atoms with E-state index in [-0.39, 0.29) is 12.1 Å². The monoisotopic (exact) mass is 290 g/mol. The quantitative estimate of drug-likeness (QED) is 0.874. The number of fused-ring (bicyclic) bond motifs is 1. The Morgan fingerprint density at radius 3 is 2.76 bits per heavy atom. The Kier molecular flexibility index (Phi) is 4.09. The van der Waals surface area contributed by atoms with Crippen molar-refractivity contribution in [3.63, 3.8) is 0 Å². The van der Waals surface area contributed by atoms with E-state index in [0.29, 0.717) is 12.6 Å². The molecular weight excluding hydrogens is 264 g/mol. The van der Waals surface area contributed by atoms with E-state index in [4.69, 9.17) is 15.2 Å². The lowest BCUT2D eigenvalue weighted by Gasteiger charge is -2.31. The average Bonchev–Trinajstić information content (AvgIpc) is 3.24. The molecule has 0 radical (unpaired) electrons. The van der Waals surface area contributed by atoms with E-state index in [2.05, 4.69) is 30.9 Å². The molecule has 21 heavy (non-hydrogen) atoms. The molecule has 1 fully saturated rings. The number of hydrogen-bond acceptors (Lipinski definition) is 4. The Hall–Kier alpha value is -1.26. The number of likely N-dealkylation sites (N-methyl/N-ethyl adjacent to an activating group) is 1. The summed E-state index contributed by atoms with van der Waals surface area (Å²) in [5, 5.41) is 0. The van der Waals surface area contributed by atoms with Crippen molar-refractivity contribution in [3.8, 4) is 11.5 Å². The van der Waals surface area contributed by atoms with Gasteiger partial charge in [0.1, 0.15) is 17.6 Å². The molecule has 0 bridgehead atoms. The highest BCUT2D eigenvalue weighted by molar-refractivity contribution is 5.50. The molecule has 2 unspecified atom stereocenters. The van der Waals surface area contributed by atoms with Crippen molar-refractivity contribution < 1.29 is 9.47 Å². The second-order valence-electron chi connectivity index (χ2n) is 6.15. The van der Waals surface area contributed by atoms with E-state index in [1.165, 1.54) is 24.0 Å². The van der Waals surface area contributed by atoms with Crippen molar-refractivity contribution in [2.24, 2.45) is 5.73 Å². The standard InChI is InChI=1S/C17H26N2O2/c1-4-19(13-5-6-13)15(10-18)14-9-16-12(7-11(2)21-16)8-17(14)20-3/h8-9,11,13,15H,4-7,10,18H2,1-3H3. The van der Waals surface area contributed by atoms with Crippen LogP contribution in [0.2, 0.25) is 0 Å². The van der Waals surface area contributed by atoms with Gasteiger partial charge in [-0.2, -0.15) is 0 Å². The maximum absolute atomic E-state index is 6.10. The smallest absolute Gasteiger partial charge is 0.124 e. The third kappa shape index (κ3) is 2.74. The predicted octanol–water partition coefficient (Wildman–Crippen LogP) is 2.50. The molecule has 1 aromatic rings. The highest BCUT2D eigenvalue weighted by Crippen LogP contribution is 2.41. The zero-order valence-electron chi connectivity index (χ0n) is 13.3. The number of hydrogen-bond donors (Lipinski definition) is 1. The van der Waals surface area contributed by atoms with E-state index in [1.54, 1.807) is 7.11 Å². The summed E-state index contributed by atoms with van der Waals surface area (Å²) in [6.07, 6.45) is 3.78. The minimum Gasteiger partial charge on any atom is -0.496 e. The molecule has 2 atom stereocenters. The largest absolute Gasteiger partial charge is 0.496 e. The molecular formula is C17H26N2O2. The topological polar surface area (TPSA) is 47.7 Å². The maximum atomic E-state index is 6.10. The van der Waals surface area contributed by atoms with E-state index in [1.807, 2.05) is 0 Å². The van der Waals surface area contributed by atoms with Crippen LogP contribution < -0.4 is 15.2 Å². The van der Waals surface area contributed by atoms with Gasteiger partial charge < -0.3 is 15.2 Å². The molecule has 4 heteroatoms. The fourth-order valence-electron chi connectivity index (χ4n) is 3.47. The van der Waals surface area contributed by atoms with Crippen molar-refractivity contribution in [1.82, 2.24) is 4.90 Å². The van der Waals surface area contributed by atoms with Gasteiger partial charge in [0.25, 0.3) is 0 Å². The minimum atomic E-state index is 0.210. The lowest BCUT2D eigenvalue weighted by molar-refractivity contribution is 0.197. The van der Waals surface area contributed by atoms with Crippen LogP contribution in [0.1, 0.15) is 43.9 Å². The highest BCUT2D eigenvalue weighted by atomic mass is 16.5. The zero-order valence-corrected chi connectivity index (χ0v) is 13.3. The van der Waals surface area contributed by atoms with Crippen LogP contribution >= 0.6 is 0 Å². The van der Waals surface area contributed by atoms with E-state index >= 15 is 0 Å². The molecule has 1 heterocycles. The van der Waals surface area contributed by atoms with Gasteiger partial charge in [-0.1, -0.05) is 6.92 Å². The lowest BCUT2D eigenvalue weighted by Crippen LogP contribution is -2.35. The van der Waals surface area contributed by atoms with E-state index in [9.17, 15) is 0 Å². The molecule has 2 N–H and O–H groups in total. The molecule has 0 aromatic heterocycles. The van der Waals surface area contributed by atoms with Gasteiger partial charge in [-0.25, -0.2) is 0 Å². The first-order chi connectivity index (χ1) is 10.2. The Morgan fingerprint density at radius 1 is 1.43 bits per heavy atom. The Labute approximate surface area is 127 Å². The van der Waals surface area contributed by atoms with Gasteiger partial charge in [-0.15, -0.1) is 0 Å². The fraction of sp³-hybridized carbons (Fsp3) is 0.647. The van der Waals surface area contributed by atoms with E-state index in [0.717, 1.165) is 24.5 Å². The molecule has 1 aliphatic heterocycles. The highest BCUT2D eigenvalue weighted by Gasteiger charge is 2.35. The molecule has 2 aliphatic rings. The van der Waals surface area contributed by atoms with Crippen molar-refractivity contribution in [3.05, 3.63) is 23.3 Å². The average molecular weight is 290 g/mol. The van der Waals surface area contributed by atoms with Gasteiger partial charge in [-0.05, 0) is 38.4 Å². The Balaban J connectivity index is 1.97. The second-order valence-corrected chi connectivity index (χ2v) is 6.15. The first-order valence-corrected chi connectivity index (χ1v) is 8.01. The molecule has 0 amide bonds. The normalized spacial score (nSPS) is 22.0. The van der Waals surface area contributed by atoms with Crippen molar-refractivity contribution in [2.75, 3.05) is 20.2 Å². The molecule has 1 saturated carbocycles. The van der Waals surface area contributed by atoms with Gasteiger partial charge >= 0.3 is 0 Å². The summed E-state index contributed by atoms with van der Waals surface area (Å²) in [5.74, 6) is 1.95. The third-order valence-electron chi connectivity index (χ3n) is 4.61. The summed E-state index contributed by atoms with van der Waals surface area (Å²) in [6, 6.07) is 5.18. The van der Waals surface area contributed by atoms with Crippen LogP contribution in [0.5, 0.6) is 11.5 Å². The summed E-state index contributed by atoms with van der Waals surface area (Å²) < 4.78 is 11.6. The SMILES string of the molecule is CCN(C1CC1)C(CN)c1cc2c(cc1OC)CC(C)O2. The maximum Gasteiger partial charge on any atom is 0.124 e. The van der Waals surface area contributed by atoms with Crippen LogP contribution in [0.4, 0.5) is 0 Å². The Morgan fingerprint density at radius 2 is 2.19 bits per heavy atom. The van der Waals surface area contributed by atoms with Crippen molar-refractivity contribution >= 4 is 0 Å². The molecule has 1 aromatic carbocycles. The molecule has 4 nitrogen and oxygen atoms in total. The van der Waals surface area contributed by atoms with Gasteiger partial charge in [0, 0.05) is 30.1 Å². The van der Waals surface area contributed by atoms with Crippen LogP contribution in [0, 0.1) is 0 Å². The number of nitrogens with zero attached hydrogens (tertiary/aromatic N) is 1. The van der Waals surface area contributed by atoms with Crippen molar-refractivity contribution in [1.29, 1.82) is 0 Å². The number of benzene rings is 1. The number of ether oxygens (including phenoxy) is 2. The number of nitrogens with two attached hydrogens (primary N) is 1. The van der Waals surface area contributed by atoms with Gasteiger partial charge in [0.15, 0.2) is 0 Å². The van der Waals surface area contributed by atoms with Crippen LogP contribution in [0.3, 0.4) is 0 Å². The van der Waals surface area contributed by atoms with E-state index < -0.39 is 0 Å². The number of methoxy groups -OCH3 is 1. The van der Waals surface area contributed by atoms with Gasteiger partial charge in [0.05, 0.1) is 13.2 Å².